The number of aromatic hydroxyl groups is 1. The molecule has 0 fully saturated rings. The van der Waals surface area contributed by atoms with Crippen molar-refractivity contribution in [3.8, 4) is 5.75 Å². The molecule has 110 valence electrons. The Morgan fingerprint density at radius 3 is 2.64 bits per heavy atom. The Morgan fingerprint density at radius 2 is 1.82 bits per heavy atom. The van der Waals surface area contributed by atoms with E-state index in [0.29, 0.717) is 5.69 Å². The van der Waals surface area contributed by atoms with E-state index in [-0.39, 0.29) is 18.1 Å². The highest BCUT2D eigenvalue weighted by atomic mass is 16.3. The lowest BCUT2D eigenvalue weighted by atomic mass is 10.0. The molecule has 22 heavy (non-hydrogen) atoms. The number of anilines is 1. The molecule has 0 saturated carbocycles. The summed E-state index contributed by atoms with van der Waals surface area (Å²) < 4.78 is 0. The SMILES string of the molecule is Cc1ccc(NC(=O)Cc2cccc3ccccc23)c(O)c1. The zero-order chi connectivity index (χ0) is 15.5. The summed E-state index contributed by atoms with van der Waals surface area (Å²) in [5.41, 5.74) is 2.36. The maximum absolute atomic E-state index is 12.2. The molecule has 0 aliphatic carbocycles. The van der Waals surface area contributed by atoms with Crippen molar-refractivity contribution in [2.24, 2.45) is 0 Å². The van der Waals surface area contributed by atoms with E-state index in [1.54, 1.807) is 12.1 Å². The van der Waals surface area contributed by atoms with Crippen LogP contribution in [-0.2, 0) is 11.2 Å². The third-order valence-corrected chi connectivity index (χ3v) is 3.66. The van der Waals surface area contributed by atoms with Gasteiger partial charge in [0.15, 0.2) is 0 Å². The molecule has 0 aliphatic rings. The van der Waals surface area contributed by atoms with Gasteiger partial charge in [-0.1, -0.05) is 48.5 Å². The Hall–Kier alpha value is -2.81. The van der Waals surface area contributed by atoms with Crippen LogP contribution in [0.25, 0.3) is 10.8 Å². The molecular formula is C19H17NO2. The van der Waals surface area contributed by atoms with Gasteiger partial charge in [0.2, 0.25) is 5.91 Å². The molecule has 0 saturated heterocycles. The molecular weight excluding hydrogens is 274 g/mol. The van der Waals surface area contributed by atoms with Crippen molar-refractivity contribution in [1.29, 1.82) is 0 Å². The van der Waals surface area contributed by atoms with Crippen LogP contribution in [0.2, 0.25) is 0 Å². The third kappa shape index (κ3) is 2.93. The molecule has 3 heteroatoms. The maximum Gasteiger partial charge on any atom is 0.228 e. The molecule has 0 spiro atoms. The van der Waals surface area contributed by atoms with Crippen LogP contribution < -0.4 is 5.32 Å². The Kier molecular flexibility index (Phi) is 3.79. The lowest BCUT2D eigenvalue weighted by molar-refractivity contribution is -0.115. The lowest BCUT2D eigenvalue weighted by Gasteiger charge is -2.09. The molecule has 3 aromatic rings. The van der Waals surface area contributed by atoms with Gasteiger partial charge in [-0.3, -0.25) is 4.79 Å². The molecule has 0 bridgehead atoms. The quantitative estimate of drug-likeness (QED) is 0.716. The fourth-order valence-corrected chi connectivity index (χ4v) is 2.56. The Bertz CT molecular complexity index is 834. The largest absolute Gasteiger partial charge is 0.506 e. The average molecular weight is 291 g/mol. The normalized spacial score (nSPS) is 10.6. The number of nitrogens with one attached hydrogen (secondary N) is 1. The van der Waals surface area contributed by atoms with Crippen LogP contribution in [0.4, 0.5) is 5.69 Å². The van der Waals surface area contributed by atoms with Crippen molar-refractivity contribution < 1.29 is 9.90 Å². The minimum atomic E-state index is -0.143. The van der Waals surface area contributed by atoms with Crippen LogP contribution in [0.15, 0.2) is 60.7 Å². The van der Waals surface area contributed by atoms with Gasteiger partial charge in [-0.2, -0.15) is 0 Å². The summed E-state index contributed by atoms with van der Waals surface area (Å²) in [6.07, 6.45) is 0.272. The van der Waals surface area contributed by atoms with Crippen molar-refractivity contribution in [1.82, 2.24) is 0 Å². The number of carbonyl (C=O) groups excluding carboxylic acids is 1. The first-order valence-electron chi connectivity index (χ1n) is 7.19. The zero-order valence-electron chi connectivity index (χ0n) is 12.3. The van der Waals surface area contributed by atoms with Crippen LogP contribution in [-0.4, -0.2) is 11.0 Å². The van der Waals surface area contributed by atoms with E-state index in [4.69, 9.17) is 0 Å². The monoisotopic (exact) mass is 291 g/mol. The molecule has 0 atom stereocenters. The number of hydrogen-bond donors (Lipinski definition) is 2. The Balaban J connectivity index is 1.81. The summed E-state index contributed by atoms with van der Waals surface area (Å²) in [6.45, 7) is 1.89. The van der Waals surface area contributed by atoms with Crippen LogP contribution in [0.5, 0.6) is 5.75 Å². The van der Waals surface area contributed by atoms with Gasteiger partial charge in [0.05, 0.1) is 12.1 Å². The second-order valence-corrected chi connectivity index (χ2v) is 5.38. The second-order valence-electron chi connectivity index (χ2n) is 5.38. The van der Waals surface area contributed by atoms with Crippen molar-refractivity contribution in [3.63, 3.8) is 0 Å². The summed E-state index contributed by atoms with van der Waals surface area (Å²) in [4.78, 5) is 12.2. The number of hydrogen-bond acceptors (Lipinski definition) is 2. The van der Waals surface area contributed by atoms with Crippen molar-refractivity contribution in [2.45, 2.75) is 13.3 Å². The van der Waals surface area contributed by atoms with Gasteiger partial charge in [0.25, 0.3) is 0 Å². The number of phenolic OH excluding ortho intramolecular Hbond substituents is 1. The summed E-state index contributed by atoms with van der Waals surface area (Å²) in [5.74, 6) is -0.0539. The van der Waals surface area contributed by atoms with Gasteiger partial charge in [-0.05, 0) is 41.0 Å². The van der Waals surface area contributed by atoms with Crippen molar-refractivity contribution in [2.75, 3.05) is 5.32 Å². The molecule has 0 aromatic heterocycles. The lowest BCUT2D eigenvalue weighted by Crippen LogP contribution is -2.14. The number of benzene rings is 3. The van der Waals surface area contributed by atoms with Gasteiger partial charge in [0, 0.05) is 0 Å². The number of carbonyl (C=O) groups is 1. The number of phenols is 1. The summed E-state index contributed by atoms with van der Waals surface area (Å²) in [5, 5.41) is 14.8. The predicted molar refractivity (Wildman–Crippen MR) is 89.1 cm³/mol. The van der Waals surface area contributed by atoms with Crippen LogP contribution >= 0.6 is 0 Å². The number of rotatable bonds is 3. The van der Waals surface area contributed by atoms with Crippen LogP contribution in [0, 0.1) is 6.92 Å². The van der Waals surface area contributed by atoms with Crippen LogP contribution in [0.1, 0.15) is 11.1 Å². The van der Waals surface area contributed by atoms with Gasteiger partial charge in [0.1, 0.15) is 5.75 Å². The summed E-state index contributed by atoms with van der Waals surface area (Å²) in [7, 11) is 0. The number of aryl methyl sites for hydroxylation is 1. The first-order valence-corrected chi connectivity index (χ1v) is 7.19. The molecule has 0 heterocycles. The maximum atomic E-state index is 12.2. The van der Waals surface area contributed by atoms with E-state index in [1.807, 2.05) is 55.5 Å². The average Bonchev–Trinajstić information content (AvgIpc) is 2.50. The molecule has 2 N–H and O–H groups in total. The molecule has 3 nitrogen and oxygen atoms in total. The van der Waals surface area contributed by atoms with E-state index >= 15 is 0 Å². The zero-order valence-corrected chi connectivity index (χ0v) is 12.3. The van der Waals surface area contributed by atoms with Crippen molar-refractivity contribution >= 4 is 22.4 Å². The van der Waals surface area contributed by atoms with Crippen LogP contribution in [0.3, 0.4) is 0 Å². The van der Waals surface area contributed by atoms with E-state index in [1.165, 1.54) is 0 Å². The van der Waals surface area contributed by atoms with E-state index in [0.717, 1.165) is 21.9 Å². The molecule has 3 rings (SSSR count). The summed E-state index contributed by atoms with van der Waals surface area (Å²) in [6, 6.07) is 19.1. The molecule has 0 unspecified atom stereocenters. The first kappa shape index (κ1) is 14.1. The van der Waals surface area contributed by atoms with Gasteiger partial charge in [-0.15, -0.1) is 0 Å². The third-order valence-electron chi connectivity index (χ3n) is 3.66. The highest BCUT2D eigenvalue weighted by molar-refractivity contribution is 5.97. The fraction of sp³-hybridized carbons (Fsp3) is 0.105. The van der Waals surface area contributed by atoms with Gasteiger partial charge >= 0.3 is 0 Å². The molecule has 3 aromatic carbocycles. The fourth-order valence-electron chi connectivity index (χ4n) is 2.56. The molecule has 0 aliphatic heterocycles. The van der Waals surface area contributed by atoms with Gasteiger partial charge in [-0.25, -0.2) is 0 Å². The smallest absolute Gasteiger partial charge is 0.228 e. The van der Waals surface area contributed by atoms with E-state index in [9.17, 15) is 9.90 Å². The highest BCUT2D eigenvalue weighted by Crippen LogP contribution is 2.24. The highest BCUT2D eigenvalue weighted by Gasteiger charge is 2.09. The number of fused-ring (bicyclic) bond motifs is 1. The second kappa shape index (κ2) is 5.90. The van der Waals surface area contributed by atoms with E-state index in [2.05, 4.69) is 5.32 Å². The van der Waals surface area contributed by atoms with E-state index < -0.39 is 0 Å². The predicted octanol–water partition coefficient (Wildman–Crippen LogP) is 4.04. The standard InChI is InChI=1S/C19H17NO2/c1-13-9-10-17(18(21)11-13)20-19(22)12-15-7-4-6-14-5-2-3-8-16(14)15/h2-11,21H,12H2,1H3,(H,20,22). The van der Waals surface area contributed by atoms with Gasteiger partial charge < -0.3 is 10.4 Å². The van der Waals surface area contributed by atoms with Crippen molar-refractivity contribution in [3.05, 3.63) is 71.8 Å². The Morgan fingerprint density at radius 1 is 1.05 bits per heavy atom. The summed E-state index contributed by atoms with van der Waals surface area (Å²) >= 11 is 0. The number of amides is 1. The topological polar surface area (TPSA) is 49.3 Å². The molecule has 0 radical (unpaired) electrons. The Labute approximate surface area is 129 Å². The minimum Gasteiger partial charge on any atom is -0.506 e. The first-order chi connectivity index (χ1) is 10.6. The minimum absolute atomic E-state index is 0.0891. The molecule has 1 amide bonds.